The highest BCUT2D eigenvalue weighted by Crippen LogP contribution is 2.42. The summed E-state index contributed by atoms with van der Waals surface area (Å²) in [6.45, 7) is 5.37. The van der Waals surface area contributed by atoms with Crippen LogP contribution in [0.5, 0.6) is 0 Å². The van der Waals surface area contributed by atoms with Gasteiger partial charge in [0, 0.05) is 25.3 Å². The number of hydrogen-bond donors (Lipinski definition) is 1. The average Bonchev–Trinajstić information content (AvgIpc) is 3.67. The van der Waals surface area contributed by atoms with Crippen LogP contribution in [0.1, 0.15) is 84.5 Å². The monoisotopic (exact) mass is 533 g/mol. The van der Waals surface area contributed by atoms with E-state index in [9.17, 15) is 9.59 Å². The summed E-state index contributed by atoms with van der Waals surface area (Å²) in [7, 11) is 0. The minimum Gasteiger partial charge on any atom is -0.460 e. The van der Waals surface area contributed by atoms with Gasteiger partial charge in [0.05, 0.1) is 30.4 Å². The number of pyridine rings is 1. The van der Waals surface area contributed by atoms with Crippen LogP contribution in [0.15, 0.2) is 57.9 Å². The van der Waals surface area contributed by atoms with Gasteiger partial charge in [-0.1, -0.05) is 25.3 Å². The van der Waals surface area contributed by atoms with Gasteiger partial charge in [-0.15, -0.1) is 0 Å². The topological polar surface area (TPSA) is 97.8 Å². The molecule has 3 aromatic heterocycles. The van der Waals surface area contributed by atoms with E-state index >= 15 is 0 Å². The van der Waals surface area contributed by atoms with Crippen LogP contribution in [0.2, 0.25) is 0 Å². The molecule has 2 aliphatic rings. The molecule has 2 fully saturated rings. The summed E-state index contributed by atoms with van der Waals surface area (Å²) in [5.41, 5.74) is 2.76. The zero-order valence-corrected chi connectivity index (χ0v) is 22.8. The number of esters is 1. The molecule has 0 radical (unpaired) electrons. The predicted molar refractivity (Wildman–Crippen MR) is 147 cm³/mol. The van der Waals surface area contributed by atoms with Gasteiger partial charge in [0.2, 0.25) is 11.5 Å². The Hall–Kier alpha value is -3.39. The van der Waals surface area contributed by atoms with Gasteiger partial charge in [0.15, 0.2) is 0 Å². The van der Waals surface area contributed by atoms with Gasteiger partial charge >= 0.3 is 5.97 Å². The third-order valence-electron chi connectivity index (χ3n) is 8.44. The quantitative estimate of drug-likeness (QED) is 0.318. The summed E-state index contributed by atoms with van der Waals surface area (Å²) in [5, 5.41) is 3.18. The van der Waals surface area contributed by atoms with E-state index in [0.717, 1.165) is 62.1 Å². The summed E-state index contributed by atoms with van der Waals surface area (Å²) < 4.78 is 16.2. The Balaban J connectivity index is 1.08. The van der Waals surface area contributed by atoms with Crippen LogP contribution in [0.3, 0.4) is 0 Å². The largest absolute Gasteiger partial charge is 0.460 e. The number of piperidine rings is 1. The van der Waals surface area contributed by atoms with Crippen LogP contribution in [-0.4, -0.2) is 54.0 Å². The Morgan fingerprint density at radius 2 is 1.87 bits per heavy atom. The van der Waals surface area contributed by atoms with Crippen molar-refractivity contribution in [2.24, 2.45) is 5.41 Å². The Kier molecular flexibility index (Phi) is 8.81. The molecular weight excluding hydrogens is 494 g/mol. The van der Waals surface area contributed by atoms with Gasteiger partial charge < -0.3 is 23.8 Å². The van der Waals surface area contributed by atoms with Crippen molar-refractivity contribution < 1.29 is 23.2 Å². The number of carbonyl (C=O) groups is 2. The zero-order valence-electron chi connectivity index (χ0n) is 22.8. The molecule has 0 atom stereocenters. The molecule has 1 aliphatic carbocycles. The van der Waals surface area contributed by atoms with E-state index in [4.69, 9.17) is 13.6 Å². The zero-order chi connectivity index (χ0) is 27.1. The lowest BCUT2D eigenvalue weighted by Gasteiger charge is -2.40. The molecule has 5 rings (SSSR count). The number of amides is 1. The lowest BCUT2D eigenvalue weighted by molar-refractivity contribution is 0.0337. The second-order valence-corrected chi connectivity index (χ2v) is 11.1. The first-order valence-electron chi connectivity index (χ1n) is 14.3. The molecule has 8 nitrogen and oxygen atoms in total. The molecule has 1 saturated carbocycles. The molecule has 0 spiro atoms. The van der Waals surface area contributed by atoms with Gasteiger partial charge in [0.1, 0.15) is 0 Å². The van der Waals surface area contributed by atoms with Crippen molar-refractivity contribution in [2.45, 2.75) is 70.8 Å². The molecule has 8 heteroatoms. The molecule has 0 bridgehead atoms. The van der Waals surface area contributed by atoms with E-state index in [2.05, 4.69) is 15.2 Å². The van der Waals surface area contributed by atoms with Gasteiger partial charge in [-0.05, 0) is 87.2 Å². The molecule has 0 aromatic carbocycles. The van der Waals surface area contributed by atoms with Crippen LogP contribution >= 0.6 is 0 Å². The van der Waals surface area contributed by atoms with Crippen molar-refractivity contribution in [3.8, 4) is 11.3 Å². The molecule has 1 aliphatic heterocycles. The summed E-state index contributed by atoms with van der Waals surface area (Å²) in [6, 6.07) is 9.16. The lowest BCUT2D eigenvalue weighted by Crippen LogP contribution is -2.45. The number of aromatic nitrogens is 1. The van der Waals surface area contributed by atoms with E-state index < -0.39 is 0 Å². The number of nitrogens with zero attached hydrogens (tertiary/aromatic N) is 2. The normalized spacial score (nSPS) is 18.1. The second-order valence-electron chi connectivity index (χ2n) is 11.1. The second kappa shape index (κ2) is 12.6. The highest BCUT2D eigenvalue weighted by Gasteiger charge is 2.33. The number of carbonyl (C=O) groups excluding carboxylic acids is 2. The molecular formula is C31H39N3O5. The van der Waals surface area contributed by atoms with Gasteiger partial charge in [0.25, 0.3) is 5.91 Å². The minimum absolute atomic E-state index is 0.127. The maximum atomic E-state index is 13.0. The summed E-state index contributed by atoms with van der Waals surface area (Å²) in [4.78, 5) is 32.2. The van der Waals surface area contributed by atoms with Crippen molar-refractivity contribution in [1.29, 1.82) is 0 Å². The standard InChI is InChI=1S/C31H39N3O5/c1-23-7-8-26(32-22-23)25-11-20-38-28(25)29(35)33-24-9-16-34(17-10-24)18-14-31(12-3-2-4-13-31)15-21-39-30(36)27-6-5-19-37-27/h5-8,11,19-20,22,24H,2-4,9-10,12-18,21H2,1H3,(H,33,35). The predicted octanol–water partition coefficient (Wildman–Crippen LogP) is 6.02. The Labute approximate surface area is 230 Å². The van der Waals surface area contributed by atoms with Gasteiger partial charge in [-0.3, -0.25) is 9.78 Å². The lowest BCUT2D eigenvalue weighted by atomic mass is 9.69. The van der Waals surface area contributed by atoms with E-state index in [0.29, 0.717) is 12.4 Å². The number of likely N-dealkylation sites (tertiary alicyclic amines) is 1. The minimum atomic E-state index is -0.383. The van der Waals surface area contributed by atoms with Crippen LogP contribution in [-0.2, 0) is 4.74 Å². The van der Waals surface area contributed by atoms with Crippen LogP contribution in [0.4, 0.5) is 0 Å². The molecule has 3 aromatic rings. The fraction of sp³-hybridized carbons (Fsp3) is 0.516. The van der Waals surface area contributed by atoms with Gasteiger partial charge in [-0.2, -0.15) is 0 Å². The van der Waals surface area contributed by atoms with E-state index in [1.165, 1.54) is 38.4 Å². The number of ether oxygens (including phenoxy) is 1. The Bertz CT molecular complexity index is 1200. The molecule has 1 amide bonds. The van der Waals surface area contributed by atoms with E-state index in [-0.39, 0.29) is 29.1 Å². The van der Waals surface area contributed by atoms with Crippen molar-refractivity contribution in [3.05, 3.63) is 66.1 Å². The maximum absolute atomic E-state index is 13.0. The number of hydrogen-bond acceptors (Lipinski definition) is 7. The first-order chi connectivity index (χ1) is 19.0. The van der Waals surface area contributed by atoms with Gasteiger partial charge in [-0.25, -0.2) is 4.79 Å². The third kappa shape index (κ3) is 6.98. The number of aryl methyl sites for hydroxylation is 1. The van der Waals surface area contributed by atoms with Crippen molar-refractivity contribution in [2.75, 3.05) is 26.2 Å². The average molecular weight is 534 g/mol. The summed E-state index contributed by atoms with van der Waals surface area (Å²) >= 11 is 0. The molecule has 0 unspecified atom stereocenters. The number of furan rings is 2. The smallest absolute Gasteiger partial charge is 0.374 e. The van der Waals surface area contributed by atoms with Crippen molar-refractivity contribution >= 4 is 11.9 Å². The number of rotatable bonds is 10. The Morgan fingerprint density at radius 3 is 2.59 bits per heavy atom. The Morgan fingerprint density at radius 1 is 1.05 bits per heavy atom. The highest BCUT2D eigenvalue weighted by molar-refractivity contribution is 5.97. The van der Waals surface area contributed by atoms with Crippen molar-refractivity contribution in [1.82, 2.24) is 15.2 Å². The first-order valence-corrected chi connectivity index (χ1v) is 14.3. The van der Waals surface area contributed by atoms with Crippen LogP contribution in [0.25, 0.3) is 11.3 Å². The fourth-order valence-corrected chi connectivity index (χ4v) is 6.01. The van der Waals surface area contributed by atoms with E-state index in [1.807, 2.05) is 19.1 Å². The first kappa shape index (κ1) is 27.2. The molecule has 1 N–H and O–H groups in total. The van der Waals surface area contributed by atoms with Crippen LogP contribution < -0.4 is 5.32 Å². The summed E-state index contributed by atoms with van der Waals surface area (Å²) in [5.74, 6) is 0.0199. The molecule has 39 heavy (non-hydrogen) atoms. The fourth-order valence-electron chi connectivity index (χ4n) is 6.01. The van der Waals surface area contributed by atoms with Crippen molar-refractivity contribution in [3.63, 3.8) is 0 Å². The molecule has 4 heterocycles. The number of nitrogens with one attached hydrogen (secondary N) is 1. The third-order valence-corrected chi connectivity index (χ3v) is 8.44. The SMILES string of the molecule is Cc1ccc(-c2ccoc2C(=O)NC2CCN(CCC3(CCOC(=O)c4ccco4)CCCCC3)CC2)nc1. The van der Waals surface area contributed by atoms with E-state index in [1.54, 1.807) is 30.7 Å². The molecule has 1 saturated heterocycles. The molecule has 208 valence electrons. The summed E-state index contributed by atoms with van der Waals surface area (Å²) in [6.07, 6.45) is 14.8. The van der Waals surface area contributed by atoms with Crippen LogP contribution in [0, 0.1) is 12.3 Å². The maximum Gasteiger partial charge on any atom is 0.374 e. The highest BCUT2D eigenvalue weighted by atomic mass is 16.5.